The van der Waals surface area contributed by atoms with Crippen LogP contribution in [0.25, 0.3) is 23.8 Å². The van der Waals surface area contributed by atoms with Gasteiger partial charge in [0, 0.05) is 4.90 Å². The minimum Gasteiger partial charge on any atom is -0.142 e. The quantitative estimate of drug-likeness (QED) is 0.440. The summed E-state index contributed by atoms with van der Waals surface area (Å²) in [5.41, 5.74) is 7.13. The lowest BCUT2D eigenvalue weighted by Crippen LogP contribution is -2.01. The normalized spacial score (nSPS) is 12.9. The van der Waals surface area contributed by atoms with Gasteiger partial charge in [0.1, 0.15) is 0 Å². The molecule has 0 heterocycles. The van der Waals surface area contributed by atoms with Crippen molar-refractivity contribution in [3.63, 3.8) is 0 Å². The Morgan fingerprint density at radius 2 is 1.50 bits per heavy atom. The van der Waals surface area contributed by atoms with Crippen molar-refractivity contribution >= 4 is 36.4 Å². The highest BCUT2D eigenvalue weighted by atomic mass is 32.1. The van der Waals surface area contributed by atoms with Gasteiger partial charge in [-0.1, -0.05) is 55.2 Å². The summed E-state index contributed by atoms with van der Waals surface area (Å²) in [7, 11) is 0. The molecule has 0 saturated carbocycles. The van der Waals surface area contributed by atoms with Crippen molar-refractivity contribution in [3.05, 3.63) is 64.8 Å². The molecule has 0 radical (unpaired) electrons. The van der Waals surface area contributed by atoms with Crippen LogP contribution in [0.5, 0.6) is 0 Å². The first-order chi connectivity index (χ1) is 10.6. The molecule has 116 valence electrons. The maximum atomic E-state index is 4.76. The first-order valence-corrected chi connectivity index (χ1v) is 8.08. The van der Waals surface area contributed by atoms with E-state index in [1.807, 2.05) is 26.8 Å². The van der Waals surface area contributed by atoms with Gasteiger partial charge in [0.25, 0.3) is 0 Å². The number of allylic oxidation sites excluding steroid dienone is 6. The van der Waals surface area contributed by atoms with E-state index in [1.165, 1.54) is 22.3 Å². The molecule has 0 spiro atoms. The number of hydrogen-bond donors (Lipinski definition) is 1. The average Bonchev–Trinajstić information content (AvgIpc) is 2.51. The van der Waals surface area contributed by atoms with E-state index in [9.17, 15) is 0 Å². The van der Waals surface area contributed by atoms with Gasteiger partial charge in [-0.2, -0.15) is 0 Å². The van der Waals surface area contributed by atoms with Gasteiger partial charge in [-0.15, -0.1) is 12.6 Å². The maximum absolute atomic E-state index is 4.76. The first kappa shape index (κ1) is 18.3. The van der Waals surface area contributed by atoms with Gasteiger partial charge < -0.3 is 0 Å². The summed E-state index contributed by atoms with van der Waals surface area (Å²) in [6.07, 6.45) is 16.7. The van der Waals surface area contributed by atoms with Crippen LogP contribution in [0, 0.1) is 6.92 Å². The second-order valence-electron chi connectivity index (χ2n) is 5.04. The lowest BCUT2D eigenvalue weighted by atomic mass is 9.87. The molecule has 0 aliphatic carbocycles. The van der Waals surface area contributed by atoms with Crippen molar-refractivity contribution in [2.75, 3.05) is 0 Å². The van der Waals surface area contributed by atoms with E-state index in [4.69, 9.17) is 12.6 Å². The van der Waals surface area contributed by atoms with Crippen LogP contribution >= 0.6 is 12.6 Å². The third-order valence-electron chi connectivity index (χ3n) is 3.67. The number of thiol groups is 1. The number of benzene rings is 1. The molecule has 0 N–H and O–H groups in total. The van der Waals surface area contributed by atoms with E-state index in [0.717, 1.165) is 16.0 Å². The van der Waals surface area contributed by atoms with E-state index < -0.39 is 0 Å². The second kappa shape index (κ2) is 8.65. The maximum Gasteiger partial charge on any atom is 0.0194 e. The molecule has 0 atom stereocenters. The van der Waals surface area contributed by atoms with Crippen LogP contribution in [0.15, 0.2) is 41.9 Å². The van der Waals surface area contributed by atoms with Crippen molar-refractivity contribution < 1.29 is 0 Å². The predicted octanol–water partition coefficient (Wildman–Crippen LogP) is 6.97. The number of rotatable bonds is 5. The molecule has 1 aromatic carbocycles. The summed E-state index contributed by atoms with van der Waals surface area (Å²) in [6.45, 7) is 14.3. The Morgan fingerprint density at radius 1 is 0.909 bits per heavy atom. The van der Waals surface area contributed by atoms with E-state index in [1.54, 1.807) is 0 Å². The Labute approximate surface area is 141 Å². The molecular formula is C21H26S. The molecule has 1 aromatic rings. The van der Waals surface area contributed by atoms with Gasteiger partial charge >= 0.3 is 0 Å². The molecule has 0 nitrogen and oxygen atoms in total. The van der Waals surface area contributed by atoms with Gasteiger partial charge in [-0.05, 0) is 68.0 Å². The Bertz CT molecular complexity index is 668. The Balaban J connectivity index is 4.01. The summed E-state index contributed by atoms with van der Waals surface area (Å²) < 4.78 is 0. The van der Waals surface area contributed by atoms with Crippen molar-refractivity contribution in [2.45, 2.75) is 39.5 Å². The summed E-state index contributed by atoms with van der Waals surface area (Å²) in [5, 5.41) is 0. The molecule has 0 unspecified atom stereocenters. The van der Waals surface area contributed by atoms with Crippen LogP contribution in [0.3, 0.4) is 0 Å². The van der Waals surface area contributed by atoms with Gasteiger partial charge in [0.05, 0.1) is 0 Å². The van der Waals surface area contributed by atoms with Gasteiger partial charge in [-0.3, -0.25) is 0 Å². The van der Waals surface area contributed by atoms with Crippen LogP contribution in [0.4, 0.5) is 0 Å². The van der Waals surface area contributed by atoms with Crippen LogP contribution in [-0.4, -0.2) is 0 Å². The van der Waals surface area contributed by atoms with Crippen molar-refractivity contribution in [3.8, 4) is 0 Å². The van der Waals surface area contributed by atoms with E-state index >= 15 is 0 Å². The monoisotopic (exact) mass is 310 g/mol. The van der Waals surface area contributed by atoms with Crippen LogP contribution in [-0.2, 0) is 0 Å². The highest BCUT2D eigenvalue weighted by Gasteiger charge is 2.17. The molecule has 0 amide bonds. The fourth-order valence-corrected chi connectivity index (χ4v) is 3.17. The Hall–Kier alpha value is -1.73. The molecule has 0 aromatic heterocycles. The van der Waals surface area contributed by atoms with Gasteiger partial charge in [0.2, 0.25) is 0 Å². The SMILES string of the molecule is C=Cc1c(S)c(/C=C\C)c(C)c(C(/C=C\C)=C/C)c1/C=C\C. The molecule has 0 aliphatic rings. The van der Waals surface area contributed by atoms with Crippen molar-refractivity contribution in [1.82, 2.24) is 0 Å². The highest BCUT2D eigenvalue weighted by molar-refractivity contribution is 7.80. The minimum atomic E-state index is 0.985. The van der Waals surface area contributed by atoms with Gasteiger partial charge in [0.15, 0.2) is 0 Å². The van der Waals surface area contributed by atoms with E-state index in [2.05, 4.69) is 63.0 Å². The van der Waals surface area contributed by atoms with Crippen LogP contribution in [0.1, 0.15) is 55.5 Å². The van der Waals surface area contributed by atoms with E-state index in [-0.39, 0.29) is 0 Å². The van der Waals surface area contributed by atoms with Crippen molar-refractivity contribution in [2.24, 2.45) is 0 Å². The zero-order valence-electron chi connectivity index (χ0n) is 14.3. The summed E-state index contributed by atoms with van der Waals surface area (Å²) >= 11 is 4.76. The fourth-order valence-electron chi connectivity index (χ4n) is 2.71. The van der Waals surface area contributed by atoms with E-state index in [0.29, 0.717) is 0 Å². The predicted molar refractivity (Wildman–Crippen MR) is 106 cm³/mol. The second-order valence-corrected chi connectivity index (χ2v) is 5.48. The Morgan fingerprint density at radius 3 is 1.95 bits per heavy atom. The zero-order chi connectivity index (χ0) is 16.7. The minimum absolute atomic E-state index is 0.985. The molecule has 0 bridgehead atoms. The first-order valence-electron chi connectivity index (χ1n) is 7.63. The number of hydrogen-bond acceptors (Lipinski definition) is 1. The van der Waals surface area contributed by atoms with Crippen LogP contribution < -0.4 is 0 Å². The average molecular weight is 311 g/mol. The van der Waals surface area contributed by atoms with Crippen molar-refractivity contribution in [1.29, 1.82) is 0 Å². The molecule has 0 fully saturated rings. The molecule has 0 saturated heterocycles. The third-order valence-corrected chi connectivity index (χ3v) is 4.15. The molecular weight excluding hydrogens is 284 g/mol. The lowest BCUT2D eigenvalue weighted by molar-refractivity contribution is 1.27. The Kier molecular flexibility index (Phi) is 7.20. The largest absolute Gasteiger partial charge is 0.142 e. The summed E-state index contributed by atoms with van der Waals surface area (Å²) in [6, 6.07) is 0. The molecule has 22 heavy (non-hydrogen) atoms. The highest BCUT2D eigenvalue weighted by Crippen LogP contribution is 2.37. The topological polar surface area (TPSA) is 0 Å². The smallest absolute Gasteiger partial charge is 0.0194 e. The van der Waals surface area contributed by atoms with Gasteiger partial charge in [-0.25, -0.2) is 0 Å². The molecule has 1 heteroatoms. The van der Waals surface area contributed by atoms with Crippen LogP contribution in [0.2, 0.25) is 0 Å². The summed E-state index contributed by atoms with van der Waals surface area (Å²) in [4.78, 5) is 0.985. The fraction of sp³-hybridized carbons (Fsp3) is 0.238. The molecule has 1 rings (SSSR count). The standard InChI is InChI=1S/C21H26S/c1-7-12-16(10-4)20-15(6)18(13-8-2)21(22)17(11-5)19(20)14-9-3/h7-14,22H,5H2,1-4,6H3/b12-7-,13-8-,14-9-,16-10+. The lowest BCUT2D eigenvalue weighted by Gasteiger charge is -2.20. The third kappa shape index (κ3) is 3.53. The molecule has 0 aliphatic heterocycles. The zero-order valence-corrected chi connectivity index (χ0v) is 15.2. The summed E-state index contributed by atoms with van der Waals surface area (Å²) in [5.74, 6) is 0.